The van der Waals surface area contributed by atoms with Crippen LogP contribution in [0.15, 0.2) is 34.4 Å². The van der Waals surface area contributed by atoms with Gasteiger partial charge < -0.3 is 5.32 Å². The highest BCUT2D eigenvalue weighted by Crippen LogP contribution is 2.29. The first-order valence-electron chi connectivity index (χ1n) is 8.44. The molecule has 8 heteroatoms. The standard InChI is InChI=1S/C18H20N4O2S2/c1-3-10-22-17(23)7-5-14(21-22)18(24)19-9-8-13-4-6-16(26-13)15-11-25-12(2)20-15/h4-7,11H,3,8-10H2,1-2H3,(H,19,24). The summed E-state index contributed by atoms with van der Waals surface area (Å²) in [4.78, 5) is 30.7. The number of thiophene rings is 1. The molecule has 3 aromatic heterocycles. The number of amides is 1. The van der Waals surface area contributed by atoms with Gasteiger partial charge in [-0.3, -0.25) is 9.59 Å². The number of hydrogen-bond donors (Lipinski definition) is 1. The highest BCUT2D eigenvalue weighted by molar-refractivity contribution is 7.16. The minimum Gasteiger partial charge on any atom is -0.350 e. The predicted octanol–water partition coefficient (Wildman–Crippen LogP) is 3.12. The van der Waals surface area contributed by atoms with Crippen LogP contribution in [0, 0.1) is 6.92 Å². The van der Waals surface area contributed by atoms with Crippen molar-refractivity contribution in [2.45, 2.75) is 33.2 Å². The molecule has 3 aromatic rings. The van der Waals surface area contributed by atoms with Crippen molar-refractivity contribution in [3.8, 4) is 10.6 Å². The van der Waals surface area contributed by atoms with Crippen LogP contribution in [-0.4, -0.2) is 27.2 Å². The van der Waals surface area contributed by atoms with Crippen molar-refractivity contribution in [3.05, 3.63) is 55.6 Å². The van der Waals surface area contributed by atoms with E-state index in [4.69, 9.17) is 0 Å². The summed E-state index contributed by atoms with van der Waals surface area (Å²) in [5.41, 5.74) is 1.09. The summed E-state index contributed by atoms with van der Waals surface area (Å²) in [7, 11) is 0. The molecule has 0 bridgehead atoms. The van der Waals surface area contributed by atoms with E-state index in [0.717, 1.165) is 28.4 Å². The highest BCUT2D eigenvalue weighted by atomic mass is 32.1. The summed E-state index contributed by atoms with van der Waals surface area (Å²) in [6.45, 7) is 4.98. The van der Waals surface area contributed by atoms with E-state index in [1.165, 1.54) is 21.7 Å². The van der Waals surface area contributed by atoms with E-state index in [9.17, 15) is 9.59 Å². The van der Waals surface area contributed by atoms with Gasteiger partial charge in [0.1, 0.15) is 5.69 Å². The maximum atomic E-state index is 12.2. The lowest BCUT2D eigenvalue weighted by Gasteiger charge is -2.06. The minimum absolute atomic E-state index is 0.188. The third kappa shape index (κ3) is 4.44. The number of aromatic nitrogens is 3. The van der Waals surface area contributed by atoms with Gasteiger partial charge in [-0.05, 0) is 38.0 Å². The Bertz CT molecular complexity index is 958. The van der Waals surface area contributed by atoms with E-state index >= 15 is 0 Å². The lowest BCUT2D eigenvalue weighted by Crippen LogP contribution is -2.30. The third-order valence-corrected chi connectivity index (χ3v) is 5.67. The summed E-state index contributed by atoms with van der Waals surface area (Å²) in [5, 5.41) is 10.1. The van der Waals surface area contributed by atoms with Crippen molar-refractivity contribution in [2.24, 2.45) is 0 Å². The van der Waals surface area contributed by atoms with E-state index in [1.54, 1.807) is 22.7 Å². The third-order valence-electron chi connectivity index (χ3n) is 3.72. The molecule has 0 spiro atoms. The van der Waals surface area contributed by atoms with Gasteiger partial charge in [-0.15, -0.1) is 22.7 Å². The monoisotopic (exact) mass is 388 g/mol. The molecule has 0 fully saturated rings. The molecule has 0 unspecified atom stereocenters. The zero-order chi connectivity index (χ0) is 18.5. The van der Waals surface area contributed by atoms with Gasteiger partial charge in [0, 0.05) is 29.4 Å². The quantitative estimate of drug-likeness (QED) is 0.675. The lowest BCUT2D eigenvalue weighted by atomic mass is 10.3. The maximum absolute atomic E-state index is 12.2. The molecular formula is C18H20N4O2S2. The molecule has 0 atom stereocenters. The number of thiazole rings is 1. The second-order valence-corrected chi connectivity index (χ2v) is 8.03. The number of rotatable bonds is 7. The Hall–Kier alpha value is -2.32. The van der Waals surface area contributed by atoms with Gasteiger partial charge in [0.15, 0.2) is 0 Å². The fraction of sp³-hybridized carbons (Fsp3) is 0.333. The van der Waals surface area contributed by atoms with Crippen molar-refractivity contribution in [3.63, 3.8) is 0 Å². The van der Waals surface area contributed by atoms with Crippen LogP contribution < -0.4 is 10.9 Å². The van der Waals surface area contributed by atoms with Crippen LogP contribution in [0.4, 0.5) is 0 Å². The maximum Gasteiger partial charge on any atom is 0.271 e. The average molecular weight is 389 g/mol. The highest BCUT2D eigenvalue weighted by Gasteiger charge is 2.10. The predicted molar refractivity (Wildman–Crippen MR) is 105 cm³/mol. The number of aryl methyl sites for hydroxylation is 2. The average Bonchev–Trinajstić information content (AvgIpc) is 3.26. The second-order valence-electron chi connectivity index (χ2n) is 5.80. The molecule has 3 heterocycles. The fourth-order valence-corrected chi connectivity index (χ4v) is 4.11. The van der Waals surface area contributed by atoms with E-state index in [2.05, 4.69) is 32.9 Å². The first kappa shape index (κ1) is 18.5. The Morgan fingerprint density at radius 3 is 2.85 bits per heavy atom. The van der Waals surface area contributed by atoms with Gasteiger partial charge in [-0.25, -0.2) is 9.67 Å². The van der Waals surface area contributed by atoms with Crippen LogP contribution in [-0.2, 0) is 13.0 Å². The molecule has 0 saturated carbocycles. The molecule has 0 saturated heterocycles. The summed E-state index contributed by atoms with van der Waals surface area (Å²) < 4.78 is 1.33. The number of nitrogens with zero attached hydrogens (tertiary/aromatic N) is 3. The first-order chi connectivity index (χ1) is 12.6. The molecule has 0 radical (unpaired) electrons. The van der Waals surface area contributed by atoms with Gasteiger partial charge >= 0.3 is 0 Å². The number of hydrogen-bond acceptors (Lipinski definition) is 6. The second kappa shape index (κ2) is 8.37. The van der Waals surface area contributed by atoms with Crippen LogP contribution in [0.5, 0.6) is 0 Å². The van der Waals surface area contributed by atoms with Crippen LogP contribution in [0.1, 0.15) is 33.7 Å². The van der Waals surface area contributed by atoms with Gasteiger partial charge in [-0.1, -0.05) is 6.92 Å². The van der Waals surface area contributed by atoms with Crippen molar-refractivity contribution in [2.75, 3.05) is 6.54 Å². The Labute approximate surface area is 159 Å². The van der Waals surface area contributed by atoms with Crippen molar-refractivity contribution >= 4 is 28.6 Å². The molecule has 26 heavy (non-hydrogen) atoms. The first-order valence-corrected chi connectivity index (χ1v) is 10.1. The molecule has 0 aromatic carbocycles. The summed E-state index contributed by atoms with van der Waals surface area (Å²) in [5.74, 6) is -0.262. The molecule has 6 nitrogen and oxygen atoms in total. The molecule has 136 valence electrons. The number of carbonyl (C=O) groups is 1. The number of carbonyl (C=O) groups excluding carboxylic acids is 1. The normalized spacial score (nSPS) is 10.8. The lowest BCUT2D eigenvalue weighted by molar-refractivity contribution is 0.0946. The summed E-state index contributed by atoms with van der Waals surface area (Å²) in [6.07, 6.45) is 1.53. The van der Waals surface area contributed by atoms with Gasteiger partial charge in [-0.2, -0.15) is 5.10 Å². The van der Waals surface area contributed by atoms with Crippen molar-refractivity contribution < 1.29 is 4.79 Å². The molecule has 1 N–H and O–H groups in total. The zero-order valence-electron chi connectivity index (χ0n) is 14.7. The Morgan fingerprint density at radius 2 is 2.12 bits per heavy atom. The summed E-state index contributed by atoms with van der Waals surface area (Å²) in [6, 6.07) is 7.00. The topological polar surface area (TPSA) is 76.9 Å². The van der Waals surface area contributed by atoms with Crippen LogP contribution in [0.2, 0.25) is 0 Å². The van der Waals surface area contributed by atoms with E-state index < -0.39 is 0 Å². The largest absolute Gasteiger partial charge is 0.350 e. The van der Waals surface area contributed by atoms with Crippen molar-refractivity contribution in [1.82, 2.24) is 20.1 Å². The van der Waals surface area contributed by atoms with Crippen LogP contribution >= 0.6 is 22.7 Å². The molecule has 0 aliphatic heterocycles. The summed E-state index contributed by atoms with van der Waals surface area (Å²) >= 11 is 3.33. The molecule has 0 aliphatic rings. The van der Waals surface area contributed by atoms with Crippen LogP contribution in [0.25, 0.3) is 10.6 Å². The van der Waals surface area contributed by atoms with Gasteiger partial charge in [0.2, 0.25) is 0 Å². The fourth-order valence-electron chi connectivity index (χ4n) is 2.46. The minimum atomic E-state index is -0.262. The van der Waals surface area contributed by atoms with Gasteiger partial charge in [0.05, 0.1) is 15.6 Å². The Morgan fingerprint density at radius 1 is 1.27 bits per heavy atom. The molecule has 3 rings (SSSR count). The van der Waals surface area contributed by atoms with E-state index in [-0.39, 0.29) is 17.2 Å². The van der Waals surface area contributed by atoms with Gasteiger partial charge in [0.25, 0.3) is 11.5 Å². The Balaban J connectivity index is 1.56. The van der Waals surface area contributed by atoms with Crippen LogP contribution in [0.3, 0.4) is 0 Å². The molecule has 1 amide bonds. The van der Waals surface area contributed by atoms with Crippen molar-refractivity contribution in [1.29, 1.82) is 0 Å². The zero-order valence-corrected chi connectivity index (χ0v) is 16.3. The Kier molecular flexibility index (Phi) is 5.95. The van der Waals surface area contributed by atoms with E-state index in [1.807, 2.05) is 13.8 Å². The van der Waals surface area contributed by atoms with E-state index in [0.29, 0.717) is 13.1 Å². The molecular weight excluding hydrogens is 368 g/mol. The SMILES string of the molecule is CCCn1nc(C(=O)NCCc2ccc(-c3csc(C)n3)s2)ccc1=O. The number of nitrogens with one attached hydrogen (secondary N) is 1. The smallest absolute Gasteiger partial charge is 0.271 e. The molecule has 0 aliphatic carbocycles.